The maximum Gasteiger partial charge on any atom is 0.156 e. The first-order valence-corrected chi connectivity index (χ1v) is 9.81. The van der Waals surface area contributed by atoms with Gasteiger partial charge >= 0.3 is 0 Å². The quantitative estimate of drug-likeness (QED) is 0.521. The summed E-state index contributed by atoms with van der Waals surface area (Å²) < 4.78 is 1.82. The molecule has 1 aromatic carbocycles. The number of carbonyl (C=O) groups is 1. The molecule has 1 atom stereocenters. The van der Waals surface area contributed by atoms with E-state index in [2.05, 4.69) is 39.6 Å². The first-order valence-electron chi connectivity index (χ1n) is 9.81. The Kier molecular flexibility index (Phi) is 4.31. The second-order valence-corrected chi connectivity index (χ2v) is 7.49. The molecule has 0 aliphatic heterocycles. The van der Waals surface area contributed by atoms with Crippen LogP contribution in [0, 0.1) is 0 Å². The van der Waals surface area contributed by atoms with E-state index in [0.29, 0.717) is 12.5 Å². The largest absolute Gasteiger partial charge is 0.365 e. The van der Waals surface area contributed by atoms with Crippen molar-refractivity contribution in [3.63, 3.8) is 0 Å². The summed E-state index contributed by atoms with van der Waals surface area (Å²) in [6.07, 6.45) is 14.7. The summed E-state index contributed by atoms with van der Waals surface area (Å²) in [6.45, 7) is 0. The number of carbonyl (C=O) groups excluding carboxylic acids is 1. The zero-order valence-electron chi connectivity index (χ0n) is 15.9. The molecule has 5 rings (SSSR count). The van der Waals surface area contributed by atoms with Gasteiger partial charge in [0, 0.05) is 30.4 Å². The number of rotatable bonds is 6. The van der Waals surface area contributed by atoms with Gasteiger partial charge in [-0.25, -0.2) is 14.6 Å². The average Bonchev–Trinajstić information content (AvgIpc) is 3.54. The molecule has 2 heterocycles. The number of anilines is 1. The van der Waals surface area contributed by atoms with Crippen molar-refractivity contribution in [2.45, 2.75) is 30.7 Å². The van der Waals surface area contributed by atoms with E-state index in [9.17, 15) is 4.79 Å². The van der Waals surface area contributed by atoms with E-state index in [0.717, 1.165) is 34.6 Å². The minimum atomic E-state index is -0.430. The van der Waals surface area contributed by atoms with Gasteiger partial charge in [-0.2, -0.15) is 5.10 Å². The lowest BCUT2D eigenvalue weighted by atomic mass is 9.70. The lowest BCUT2D eigenvalue weighted by Gasteiger charge is -2.33. The van der Waals surface area contributed by atoms with Gasteiger partial charge in [0.1, 0.15) is 12.6 Å². The third kappa shape index (κ3) is 3.16. The van der Waals surface area contributed by atoms with Crippen LogP contribution in [0.1, 0.15) is 35.4 Å². The van der Waals surface area contributed by atoms with Crippen molar-refractivity contribution in [2.75, 3.05) is 5.32 Å². The summed E-state index contributed by atoms with van der Waals surface area (Å²) in [6, 6.07) is 12.8. The maximum absolute atomic E-state index is 10.9. The van der Waals surface area contributed by atoms with Crippen LogP contribution in [0.5, 0.6) is 0 Å². The van der Waals surface area contributed by atoms with Crippen molar-refractivity contribution in [1.82, 2.24) is 19.7 Å². The SMILES string of the molecule is O=CC=Cn1nc(NC2CC2)c2c1CC(c1ccccc1)(c1ccncn1)C=C2. The minimum Gasteiger partial charge on any atom is -0.365 e. The number of aldehydes is 1. The van der Waals surface area contributed by atoms with Gasteiger partial charge in [-0.3, -0.25) is 4.79 Å². The van der Waals surface area contributed by atoms with Crippen LogP contribution in [-0.4, -0.2) is 32.1 Å². The van der Waals surface area contributed by atoms with Crippen LogP contribution in [0.4, 0.5) is 5.82 Å². The normalized spacial score (nSPS) is 20.6. The first-order chi connectivity index (χ1) is 14.3. The highest BCUT2D eigenvalue weighted by Crippen LogP contribution is 2.43. The van der Waals surface area contributed by atoms with Crippen LogP contribution in [-0.2, 0) is 16.6 Å². The first kappa shape index (κ1) is 17.6. The van der Waals surface area contributed by atoms with Gasteiger partial charge in [0.05, 0.1) is 16.8 Å². The molecule has 0 radical (unpaired) electrons. The van der Waals surface area contributed by atoms with Crippen molar-refractivity contribution in [2.24, 2.45) is 0 Å². The second kappa shape index (κ2) is 7.13. The lowest BCUT2D eigenvalue weighted by molar-refractivity contribution is -0.104. The molecule has 2 aliphatic carbocycles. The molecule has 0 spiro atoms. The molecule has 0 saturated heterocycles. The van der Waals surface area contributed by atoms with Crippen LogP contribution < -0.4 is 5.32 Å². The van der Waals surface area contributed by atoms with E-state index >= 15 is 0 Å². The van der Waals surface area contributed by atoms with Crippen molar-refractivity contribution in [1.29, 1.82) is 0 Å². The number of aromatic nitrogens is 4. The van der Waals surface area contributed by atoms with E-state index < -0.39 is 5.41 Å². The van der Waals surface area contributed by atoms with E-state index in [1.165, 1.54) is 18.9 Å². The van der Waals surface area contributed by atoms with Gasteiger partial charge in [-0.1, -0.05) is 42.5 Å². The number of allylic oxidation sites excluding steroid dienone is 2. The Bertz CT molecular complexity index is 1040. The Hall–Kier alpha value is -3.54. The van der Waals surface area contributed by atoms with Gasteiger partial charge in [0.2, 0.25) is 0 Å². The predicted molar refractivity (Wildman–Crippen MR) is 112 cm³/mol. The monoisotopic (exact) mass is 383 g/mol. The van der Waals surface area contributed by atoms with Gasteiger partial charge in [-0.15, -0.1) is 0 Å². The molecule has 1 fully saturated rings. The minimum absolute atomic E-state index is 0.430. The number of fused-ring (bicyclic) bond motifs is 1. The molecule has 0 bridgehead atoms. The Morgan fingerprint density at radius 2 is 2.03 bits per heavy atom. The van der Waals surface area contributed by atoms with Crippen LogP contribution >= 0.6 is 0 Å². The summed E-state index contributed by atoms with van der Waals surface area (Å²) in [5.41, 5.74) is 3.79. The predicted octanol–water partition coefficient (Wildman–Crippen LogP) is 3.47. The fraction of sp³-hybridized carbons (Fsp3) is 0.217. The van der Waals surface area contributed by atoms with E-state index in [4.69, 9.17) is 5.10 Å². The highest BCUT2D eigenvalue weighted by molar-refractivity contribution is 5.74. The molecule has 1 saturated carbocycles. The van der Waals surface area contributed by atoms with Crippen molar-refractivity contribution < 1.29 is 4.79 Å². The molecule has 0 amide bonds. The molecule has 2 aromatic heterocycles. The number of benzene rings is 1. The summed E-state index contributed by atoms with van der Waals surface area (Å²) in [5.74, 6) is 0.874. The lowest BCUT2D eigenvalue weighted by Crippen LogP contribution is -2.32. The molecule has 6 heteroatoms. The van der Waals surface area contributed by atoms with Gasteiger partial charge in [0.15, 0.2) is 5.82 Å². The zero-order chi connectivity index (χ0) is 19.7. The van der Waals surface area contributed by atoms with Crippen LogP contribution in [0.25, 0.3) is 12.3 Å². The highest BCUT2D eigenvalue weighted by Gasteiger charge is 2.39. The number of nitrogens with zero attached hydrogens (tertiary/aromatic N) is 4. The molecule has 1 N–H and O–H groups in total. The third-order valence-corrected chi connectivity index (χ3v) is 5.58. The standard InChI is InChI=1S/C23H21N5O/c29-14-4-13-28-20-15-23(17-5-2-1-3-6-17,21-10-12-24-16-25-21)11-9-19(20)22(27-28)26-18-7-8-18/h1-6,9-14,16,18H,7-8,15H2,(H,26,27). The Balaban J connectivity index is 1.67. The molecule has 2 aliphatic rings. The molecular weight excluding hydrogens is 362 g/mol. The molecule has 144 valence electrons. The van der Waals surface area contributed by atoms with Gasteiger partial charge < -0.3 is 5.32 Å². The summed E-state index contributed by atoms with van der Waals surface area (Å²) >= 11 is 0. The Labute approximate surface area is 169 Å². The Morgan fingerprint density at radius 1 is 1.17 bits per heavy atom. The van der Waals surface area contributed by atoms with E-state index in [-0.39, 0.29) is 0 Å². The molecule has 29 heavy (non-hydrogen) atoms. The topological polar surface area (TPSA) is 72.7 Å². The summed E-state index contributed by atoms with van der Waals surface area (Å²) in [5, 5.41) is 8.25. The van der Waals surface area contributed by atoms with E-state index in [1.54, 1.807) is 18.7 Å². The number of nitrogens with one attached hydrogen (secondary N) is 1. The summed E-state index contributed by atoms with van der Waals surface area (Å²) in [4.78, 5) is 19.6. The molecular formula is C23H21N5O. The highest BCUT2D eigenvalue weighted by atomic mass is 16.1. The van der Waals surface area contributed by atoms with Crippen molar-refractivity contribution in [3.8, 4) is 0 Å². The Morgan fingerprint density at radius 3 is 2.76 bits per heavy atom. The number of hydrogen-bond acceptors (Lipinski definition) is 5. The van der Waals surface area contributed by atoms with Gasteiger partial charge in [0.25, 0.3) is 0 Å². The van der Waals surface area contributed by atoms with Crippen LogP contribution in [0.15, 0.2) is 61.1 Å². The fourth-order valence-corrected chi connectivity index (χ4v) is 3.96. The summed E-state index contributed by atoms with van der Waals surface area (Å²) in [7, 11) is 0. The molecule has 6 nitrogen and oxygen atoms in total. The number of hydrogen-bond donors (Lipinski definition) is 1. The van der Waals surface area contributed by atoms with E-state index in [1.807, 2.05) is 28.9 Å². The maximum atomic E-state index is 10.9. The van der Waals surface area contributed by atoms with Crippen LogP contribution in [0.2, 0.25) is 0 Å². The smallest absolute Gasteiger partial charge is 0.156 e. The van der Waals surface area contributed by atoms with Gasteiger partial charge in [-0.05, 0) is 30.5 Å². The molecule has 1 unspecified atom stereocenters. The molecule has 3 aromatic rings. The third-order valence-electron chi connectivity index (χ3n) is 5.58. The van der Waals surface area contributed by atoms with Crippen LogP contribution in [0.3, 0.4) is 0 Å². The zero-order valence-corrected chi connectivity index (χ0v) is 15.9. The second-order valence-electron chi connectivity index (χ2n) is 7.49. The van der Waals surface area contributed by atoms with Crippen molar-refractivity contribution >= 4 is 24.4 Å². The average molecular weight is 383 g/mol. The fourth-order valence-electron chi connectivity index (χ4n) is 3.96. The van der Waals surface area contributed by atoms with Crippen molar-refractivity contribution in [3.05, 3.63) is 83.6 Å².